The van der Waals surface area contributed by atoms with Crippen LogP contribution in [-0.2, 0) is 4.79 Å². The Balaban J connectivity index is 2.70. The highest BCUT2D eigenvalue weighted by Crippen LogP contribution is 2.20. The van der Waals surface area contributed by atoms with E-state index in [0.29, 0.717) is 5.92 Å². The lowest BCUT2D eigenvalue weighted by Crippen LogP contribution is -2.57. The molecular formula is C18H27NO2. The van der Waals surface area contributed by atoms with Gasteiger partial charge < -0.3 is 10.4 Å². The summed E-state index contributed by atoms with van der Waals surface area (Å²) in [4.78, 5) is 11.9. The molecule has 1 aromatic rings. The first-order chi connectivity index (χ1) is 9.53. The molecule has 3 nitrogen and oxygen atoms in total. The van der Waals surface area contributed by atoms with E-state index in [0.717, 1.165) is 5.56 Å². The first-order valence-corrected chi connectivity index (χ1v) is 7.35. The Kier molecular flexibility index (Phi) is 5.35. The largest absolute Gasteiger partial charge is 0.388 e. The molecule has 0 aromatic heterocycles. The average Bonchev–Trinajstić information content (AvgIpc) is 2.35. The van der Waals surface area contributed by atoms with E-state index < -0.39 is 11.1 Å². The first kappa shape index (κ1) is 17.4. The van der Waals surface area contributed by atoms with Crippen molar-refractivity contribution in [2.45, 2.75) is 58.6 Å². The van der Waals surface area contributed by atoms with E-state index in [-0.39, 0.29) is 5.91 Å². The summed E-state index contributed by atoms with van der Waals surface area (Å²) >= 11 is 0. The number of aliphatic hydroxyl groups is 1. The maximum absolute atomic E-state index is 11.9. The highest BCUT2D eigenvalue weighted by Gasteiger charge is 2.35. The fourth-order valence-corrected chi connectivity index (χ4v) is 1.67. The molecule has 0 aliphatic carbocycles. The van der Waals surface area contributed by atoms with Crippen molar-refractivity contribution in [3.05, 3.63) is 41.5 Å². The molecule has 0 saturated heterocycles. The van der Waals surface area contributed by atoms with E-state index in [9.17, 15) is 9.90 Å². The van der Waals surface area contributed by atoms with E-state index in [1.807, 2.05) is 12.1 Å². The highest BCUT2D eigenvalue weighted by molar-refractivity contribution is 5.92. The molecule has 0 saturated carbocycles. The van der Waals surface area contributed by atoms with Gasteiger partial charge in [0.25, 0.3) is 0 Å². The number of benzene rings is 1. The number of carbonyl (C=O) groups is 1. The summed E-state index contributed by atoms with van der Waals surface area (Å²) in [5, 5.41) is 12.8. The van der Waals surface area contributed by atoms with E-state index >= 15 is 0 Å². The monoisotopic (exact) mass is 289 g/mol. The zero-order valence-electron chi connectivity index (χ0n) is 13.9. The van der Waals surface area contributed by atoms with Crippen LogP contribution in [0.15, 0.2) is 30.3 Å². The highest BCUT2D eigenvalue weighted by atomic mass is 16.3. The van der Waals surface area contributed by atoms with Gasteiger partial charge in [-0.1, -0.05) is 38.1 Å². The molecule has 3 heteroatoms. The molecular weight excluding hydrogens is 262 g/mol. The molecule has 0 aliphatic rings. The van der Waals surface area contributed by atoms with Crippen LogP contribution >= 0.6 is 0 Å². The van der Waals surface area contributed by atoms with E-state index in [1.165, 1.54) is 11.6 Å². The van der Waals surface area contributed by atoms with Gasteiger partial charge in [0, 0.05) is 6.08 Å². The summed E-state index contributed by atoms with van der Waals surface area (Å²) in [5.74, 6) is 0.286. The molecule has 1 rings (SSSR count). The number of nitrogens with one attached hydrogen (secondary N) is 1. The van der Waals surface area contributed by atoms with Gasteiger partial charge in [-0.25, -0.2) is 0 Å². The quantitative estimate of drug-likeness (QED) is 0.815. The minimum Gasteiger partial charge on any atom is -0.388 e. The molecule has 21 heavy (non-hydrogen) atoms. The third-order valence-corrected chi connectivity index (χ3v) is 4.00. The molecule has 1 aromatic carbocycles. The number of hydrogen-bond acceptors (Lipinski definition) is 2. The van der Waals surface area contributed by atoms with E-state index in [1.54, 1.807) is 33.8 Å². The Labute approximate surface area is 128 Å². The SMILES string of the molecule is CC(C)c1ccc(/C=C/C(=O)NC(C)(C)C(C)(C)O)cc1. The van der Waals surface area contributed by atoms with Crippen LogP contribution in [0.1, 0.15) is 58.6 Å². The summed E-state index contributed by atoms with van der Waals surface area (Å²) in [5.41, 5.74) is 0.570. The fourth-order valence-electron chi connectivity index (χ4n) is 1.67. The van der Waals surface area contributed by atoms with Crippen LogP contribution in [0.3, 0.4) is 0 Å². The van der Waals surface area contributed by atoms with Gasteiger partial charge in [0.05, 0.1) is 11.1 Å². The number of amides is 1. The lowest BCUT2D eigenvalue weighted by Gasteiger charge is -2.37. The smallest absolute Gasteiger partial charge is 0.244 e. The minimum atomic E-state index is -0.991. The molecule has 0 heterocycles. The molecule has 0 unspecified atom stereocenters. The number of carbonyl (C=O) groups excluding carboxylic acids is 1. The van der Waals surface area contributed by atoms with E-state index in [2.05, 4.69) is 31.3 Å². The van der Waals surface area contributed by atoms with Gasteiger partial charge in [-0.15, -0.1) is 0 Å². The second-order valence-corrected chi connectivity index (χ2v) is 6.83. The first-order valence-electron chi connectivity index (χ1n) is 7.35. The van der Waals surface area contributed by atoms with Crippen LogP contribution in [0.25, 0.3) is 6.08 Å². The summed E-state index contributed by atoms with van der Waals surface area (Å²) in [6.07, 6.45) is 3.28. The topological polar surface area (TPSA) is 49.3 Å². The Hall–Kier alpha value is -1.61. The molecule has 0 atom stereocenters. The zero-order valence-corrected chi connectivity index (χ0v) is 13.9. The second-order valence-electron chi connectivity index (χ2n) is 6.83. The van der Waals surface area contributed by atoms with Crippen LogP contribution in [0.4, 0.5) is 0 Å². The molecule has 1 amide bonds. The van der Waals surface area contributed by atoms with Crippen LogP contribution in [-0.4, -0.2) is 22.2 Å². The van der Waals surface area contributed by atoms with Gasteiger partial charge in [0.2, 0.25) is 5.91 Å². The fraction of sp³-hybridized carbons (Fsp3) is 0.500. The van der Waals surface area contributed by atoms with Crippen molar-refractivity contribution in [2.24, 2.45) is 0 Å². The normalized spacial score (nSPS) is 13.0. The van der Waals surface area contributed by atoms with Gasteiger partial charge in [-0.05, 0) is 50.8 Å². The summed E-state index contributed by atoms with van der Waals surface area (Å²) in [6.45, 7) is 11.3. The summed E-state index contributed by atoms with van der Waals surface area (Å²) < 4.78 is 0. The standard InChI is InChI=1S/C18H27NO2/c1-13(2)15-10-7-14(8-11-15)9-12-16(20)19-17(3,4)18(5,6)21/h7-13,21H,1-6H3,(H,19,20)/b12-9+. The molecule has 2 N–H and O–H groups in total. The van der Waals surface area contributed by atoms with Crippen molar-refractivity contribution in [1.29, 1.82) is 0 Å². The van der Waals surface area contributed by atoms with Crippen LogP contribution < -0.4 is 5.32 Å². The van der Waals surface area contributed by atoms with Crippen molar-refractivity contribution in [1.82, 2.24) is 5.32 Å². The van der Waals surface area contributed by atoms with Crippen LogP contribution in [0.5, 0.6) is 0 Å². The number of hydrogen-bond donors (Lipinski definition) is 2. The molecule has 0 bridgehead atoms. The van der Waals surface area contributed by atoms with Crippen molar-refractivity contribution >= 4 is 12.0 Å². The molecule has 0 aliphatic heterocycles. The van der Waals surface area contributed by atoms with Crippen molar-refractivity contribution in [3.8, 4) is 0 Å². The Bertz CT molecular complexity index is 505. The summed E-state index contributed by atoms with van der Waals surface area (Å²) in [7, 11) is 0. The van der Waals surface area contributed by atoms with Crippen molar-refractivity contribution < 1.29 is 9.90 Å². The Morgan fingerprint density at radius 2 is 1.67 bits per heavy atom. The third-order valence-electron chi connectivity index (χ3n) is 4.00. The van der Waals surface area contributed by atoms with Crippen molar-refractivity contribution in [2.75, 3.05) is 0 Å². The predicted molar refractivity (Wildman–Crippen MR) is 88.1 cm³/mol. The average molecular weight is 289 g/mol. The van der Waals surface area contributed by atoms with Gasteiger partial charge in [0.1, 0.15) is 0 Å². The zero-order chi connectivity index (χ0) is 16.3. The van der Waals surface area contributed by atoms with E-state index in [4.69, 9.17) is 0 Å². The lowest BCUT2D eigenvalue weighted by molar-refractivity contribution is -0.121. The Morgan fingerprint density at radius 1 is 1.14 bits per heavy atom. The van der Waals surface area contributed by atoms with Crippen LogP contribution in [0.2, 0.25) is 0 Å². The molecule has 0 spiro atoms. The summed E-state index contributed by atoms with van der Waals surface area (Å²) in [6, 6.07) is 8.15. The Morgan fingerprint density at radius 3 is 2.10 bits per heavy atom. The van der Waals surface area contributed by atoms with Crippen molar-refractivity contribution in [3.63, 3.8) is 0 Å². The molecule has 0 fully saturated rings. The van der Waals surface area contributed by atoms with Gasteiger partial charge >= 0.3 is 0 Å². The second kappa shape index (κ2) is 6.44. The maximum atomic E-state index is 11.9. The molecule has 116 valence electrons. The van der Waals surface area contributed by atoms with Gasteiger partial charge in [0.15, 0.2) is 0 Å². The predicted octanol–water partition coefficient (Wildman–Crippen LogP) is 3.49. The minimum absolute atomic E-state index is 0.213. The van der Waals surface area contributed by atoms with Crippen LogP contribution in [0, 0.1) is 0 Å². The number of rotatable bonds is 5. The van der Waals surface area contributed by atoms with Gasteiger partial charge in [-0.2, -0.15) is 0 Å². The van der Waals surface area contributed by atoms with Gasteiger partial charge in [-0.3, -0.25) is 4.79 Å². The molecule has 0 radical (unpaired) electrons. The third kappa shape index (κ3) is 5.01. The lowest BCUT2D eigenvalue weighted by atomic mass is 9.86. The maximum Gasteiger partial charge on any atom is 0.244 e.